The first-order valence-electron chi connectivity index (χ1n) is 10.0. The van der Waals surface area contributed by atoms with E-state index in [-0.39, 0.29) is 11.6 Å². The highest BCUT2D eigenvalue weighted by Crippen LogP contribution is 2.51. The molecule has 2 aliphatic rings. The zero-order valence-corrected chi connectivity index (χ0v) is 17.9. The highest BCUT2D eigenvalue weighted by atomic mass is 35.5. The van der Waals surface area contributed by atoms with Crippen molar-refractivity contribution in [2.75, 3.05) is 5.32 Å². The van der Waals surface area contributed by atoms with Crippen LogP contribution >= 0.6 is 11.6 Å². The number of benzene rings is 3. The Labute approximate surface area is 177 Å². The predicted molar refractivity (Wildman–Crippen MR) is 122 cm³/mol. The molecule has 5 rings (SSSR count). The van der Waals surface area contributed by atoms with Crippen molar-refractivity contribution in [2.45, 2.75) is 39.3 Å². The molecule has 2 nitrogen and oxygen atoms in total. The average Bonchev–Trinajstić information content (AvgIpc) is 2.65. The van der Waals surface area contributed by atoms with Crippen molar-refractivity contribution in [3.63, 3.8) is 0 Å². The van der Waals surface area contributed by atoms with E-state index in [4.69, 9.17) is 16.3 Å². The molecule has 0 aliphatic carbocycles. The molecule has 0 bridgehead atoms. The van der Waals surface area contributed by atoms with Crippen LogP contribution in [0.2, 0.25) is 5.02 Å². The maximum absolute atomic E-state index is 6.61. The van der Waals surface area contributed by atoms with E-state index in [9.17, 15) is 0 Å². The third-order valence-corrected chi connectivity index (χ3v) is 5.99. The van der Waals surface area contributed by atoms with Crippen LogP contribution in [-0.4, -0.2) is 5.54 Å². The van der Waals surface area contributed by atoms with E-state index in [1.807, 2.05) is 18.2 Å². The second-order valence-corrected chi connectivity index (χ2v) is 9.11. The summed E-state index contributed by atoms with van der Waals surface area (Å²) in [6, 6.07) is 18.9. The Kier molecular flexibility index (Phi) is 4.04. The van der Waals surface area contributed by atoms with Gasteiger partial charge >= 0.3 is 0 Å². The quantitative estimate of drug-likeness (QED) is 0.458. The second-order valence-electron chi connectivity index (χ2n) is 8.68. The van der Waals surface area contributed by atoms with E-state index in [2.05, 4.69) is 75.5 Å². The van der Waals surface area contributed by atoms with Gasteiger partial charge in [-0.3, -0.25) is 0 Å². The molecule has 0 saturated heterocycles. The van der Waals surface area contributed by atoms with Crippen LogP contribution in [0.25, 0.3) is 16.7 Å². The number of anilines is 1. The number of aryl methyl sites for hydroxylation is 1. The largest absolute Gasteiger partial charge is 0.480 e. The van der Waals surface area contributed by atoms with E-state index in [0.29, 0.717) is 0 Å². The van der Waals surface area contributed by atoms with Gasteiger partial charge in [-0.15, -0.1) is 0 Å². The lowest BCUT2D eigenvalue weighted by molar-refractivity contribution is 0.243. The zero-order chi connectivity index (χ0) is 20.3. The molecular weight excluding hydrogens is 378 g/mol. The molecule has 0 amide bonds. The van der Waals surface area contributed by atoms with Gasteiger partial charge in [-0.1, -0.05) is 53.6 Å². The van der Waals surface area contributed by atoms with Gasteiger partial charge < -0.3 is 10.1 Å². The van der Waals surface area contributed by atoms with Crippen molar-refractivity contribution in [2.24, 2.45) is 0 Å². The summed E-state index contributed by atoms with van der Waals surface area (Å²) in [7, 11) is 0. The van der Waals surface area contributed by atoms with E-state index in [1.54, 1.807) is 0 Å². The summed E-state index contributed by atoms with van der Waals surface area (Å²) in [4.78, 5) is 0. The van der Waals surface area contributed by atoms with Gasteiger partial charge in [-0.05, 0) is 68.7 Å². The van der Waals surface area contributed by atoms with Crippen LogP contribution in [-0.2, 0) is 0 Å². The molecule has 2 aliphatic heterocycles. The second kappa shape index (κ2) is 6.40. The first kappa shape index (κ1) is 18.3. The normalized spacial score (nSPS) is 18.5. The number of ether oxygens (including phenoxy) is 1. The number of halogens is 1. The van der Waals surface area contributed by atoms with Crippen molar-refractivity contribution in [3.8, 4) is 16.9 Å². The number of rotatable bonds is 1. The Bertz CT molecular complexity index is 1180. The smallest absolute Gasteiger partial charge is 0.150 e. The number of nitrogens with one attached hydrogen (secondary N) is 1. The van der Waals surface area contributed by atoms with Gasteiger partial charge in [0.25, 0.3) is 0 Å². The van der Waals surface area contributed by atoms with Gasteiger partial charge in [-0.25, -0.2) is 0 Å². The van der Waals surface area contributed by atoms with Crippen LogP contribution in [0, 0.1) is 6.92 Å². The molecule has 3 aromatic carbocycles. The molecule has 146 valence electrons. The first-order valence-corrected chi connectivity index (χ1v) is 10.4. The summed E-state index contributed by atoms with van der Waals surface area (Å²) >= 11 is 6.35. The van der Waals surface area contributed by atoms with Crippen LogP contribution in [0.3, 0.4) is 0 Å². The molecule has 1 atom stereocenters. The van der Waals surface area contributed by atoms with Crippen LogP contribution in [0.1, 0.15) is 49.1 Å². The van der Waals surface area contributed by atoms with Gasteiger partial charge in [0.2, 0.25) is 0 Å². The number of allylic oxidation sites excluding steroid dienone is 1. The van der Waals surface area contributed by atoms with Crippen LogP contribution < -0.4 is 10.1 Å². The fourth-order valence-corrected chi connectivity index (χ4v) is 4.89. The molecular formula is C26H24ClNO. The Morgan fingerprint density at radius 3 is 2.59 bits per heavy atom. The lowest BCUT2D eigenvalue weighted by Gasteiger charge is -2.37. The molecule has 0 unspecified atom stereocenters. The van der Waals surface area contributed by atoms with Crippen molar-refractivity contribution in [3.05, 3.63) is 87.9 Å². The maximum Gasteiger partial charge on any atom is 0.150 e. The van der Waals surface area contributed by atoms with E-state index in [1.165, 1.54) is 27.8 Å². The maximum atomic E-state index is 6.61. The van der Waals surface area contributed by atoms with E-state index >= 15 is 0 Å². The molecule has 2 heterocycles. The number of hydrogen-bond donors (Lipinski definition) is 1. The minimum Gasteiger partial charge on any atom is -0.480 e. The van der Waals surface area contributed by atoms with Crippen LogP contribution in [0.15, 0.2) is 60.7 Å². The molecule has 0 fully saturated rings. The van der Waals surface area contributed by atoms with E-state index < -0.39 is 0 Å². The highest BCUT2D eigenvalue weighted by molar-refractivity contribution is 6.31. The van der Waals surface area contributed by atoms with Crippen LogP contribution in [0.5, 0.6) is 5.75 Å². The topological polar surface area (TPSA) is 21.3 Å². The minimum absolute atomic E-state index is 0.0824. The Morgan fingerprint density at radius 2 is 1.79 bits per heavy atom. The van der Waals surface area contributed by atoms with E-state index in [0.717, 1.165) is 27.6 Å². The molecule has 0 radical (unpaired) electrons. The lowest BCUT2D eigenvalue weighted by Crippen LogP contribution is -2.32. The van der Waals surface area contributed by atoms with Crippen molar-refractivity contribution in [1.82, 2.24) is 0 Å². The van der Waals surface area contributed by atoms with Gasteiger partial charge in [0, 0.05) is 27.4 Å². The molecule has 0 aromatic heterocycles. The molecule has 1 N–H and O–H groups in total. The molecule has 0 spiro atoms. The van der Waals surface area contributed by atoms with Crippen LogP contribution in [0.4, 0.5) is 5.69 Å². The summed E-state index contributed by atoms with van der Waals surface area (Å²) in [5.41, 5.74) is 9.42. The van der Waals surface area contributed by atoms with Gasteiger partial charge in [0.15, 0.2) is 6.10 Å². The molecule has 3 aromatic rings. The fourth-order valence-electron chi connectivity index (χ4n) is 4.72. The highest BCUT2D eigenvalue weighted by Gasteiger charge is 2.34. The lowest BCUT2D eigenvalue weighted by atomic mass is 9.80. The third kappa shape index (κ3) is 3.03. The van der Waals surface area contributed by atoms with Gasteiger partial charge in [-0.2, -0.15) is 0 Å². The van der Waals surface area contributed by atoms with Crippen molar-refractivity contribution < 1.29 is 4.74 Å². The number of fused-ring (bicyclic) bond motifs is 5. The summed E-state index contributed by atoms with van der Waals surface area (Å²) in [6.45, 7) is 8.71. The molecule has 0 saturated carbocycles. The summed E-state index contributed by atoms with van der Waals surface area (Å²) < 4.78 is 6.61. The summed E-state index contributed by atoms with van der Waals surface area (Å²) in [5.74, 6) is 0.874. The fraction of sp³-hybridized carbons (Fsp3) is 0.231. The van der Waals surface area contributed by atoms with Crippen molar-refractivity contribution >= 4 is 22.9 Å². The standard InChI is InChI=1S/C26H24ClNO/c1-15-6-5-7-17(12-15)25-24-19(20-13-18(27)8-11-22(20)29-25)9-10-21-23(24)16(2)14-26(3,4)28-21/h5-14,25,28H,1-4H3/t25-/m0/s1. The SMILES string of the molecule is CC1=CC(C)(C)Nc2ccc3c(c21)[C@H](c1cccc(C)c1)Oc1ccc(Cl)cc1-3. The van der Waals surface area contributed by atoms with Gasteiger partial charge in [0.05, 0.1) is 5.54 Å². The molecule has 29 heavy (non-hydrogen) atoms. The summed E-state index contributed by atoms with van der Waals surface area (Å²) in [6.07, 6.45) is 2.14. The monoisotopic (exact) mass is 401 g/mol. The first-order chi connectivity index (χ1) is 13.8. The Hall–Kier alpha value is -2.71. The zero-order valence-electron chi connectivity index (χ0n) is 17.1. The van der Waals surface area contributed by atoms with Gasteiger partial charge in [0.1, 0.15) is 5.75 Å². The summed E-state index contributed by atoms with van der Waals surface area (Å²) in [5, 5.41) is 4.40. The van der Waals surface area contributed by atoms with Crippen molar-refractivity contribution in [1.29, 1.82) is 0 Å². The number of hydrogen-bond acceptors (Lipinski definition) is 2. The molecule has 3 heteroatoms. The Morgan fingerprint density at radius 1 is 0.966 bits per heavy atom. The average molecular weight is 402 g/mol. The predicted octanol–water partition coefficient (Wildman–Crippen LogP) is 7.40. The minimum atomic E-state index is -0.167. The Balaban J connectivity index is 1.82. The third-order valence-electron chi connectivity index (χ3n) is 5.76.